The summed E-state index contributed by atoms with van der Waals surface area (Å²) in [4.78, 5) is 46.8. The van der Waals surface area contributed by atoms with E-state index in [-0.39, 0.29) is 17.7 Å². The van der Waals surface area contributed by atoms with Crippen molar-refractivity contribution in [1.29, 1.82) is 0 Å². The number of carbonyl (C=O) groups is 1. The maximum absolute atomic E-state index is 12.4. The van der Waals surface area contributed by atoms with Gasteiger partial charge in [-0.2, -0.15) is 0 Å². The van der Waals surface area contributed by atoms with Crippen LogP contribution in [0, 0.1) is 0 Å². The molecule has 34 heavy (non-hydrogen) atoms. The van der Waals surface area contributed by atoms with Crippen LogP contribution < -0.4 is 16.0 Å². The van der Waals surface area contributed by atoms with Crippen LogP contribution in [0.1, 0.15) is 11.1 Å². The van der Waals surface area contributed by atoms with Crippen LogP contribution in [0.25, 0.3) is 16.6 Å². The summed E-state index contributed by atoms with van der Waals surface area (Å²) in [6.07, 6.45) is 3.05. The second-order valence-corrected chi connectivity index (χ2v) is 7.41. The highest BCUT2D eigenvalue weighted by Gasteiger charge is 2.21. The number of esters is 1. The maximum Gasteiger partial charge on any atom is 0.335 e. The summed E-state index contributed by atoms with van der Waals surface area (Å²) in [5, 5.41) is 11.7. The molecule has 10 nitrogen and oxygen atoms in total. The van der Waals surface area contributed by atoms with Gasteiger partial charge in [-0.25, -0.2) is 14.2 Å². The van der Waals surface area contributed by atoms with E-state index < -0.39 is 29.1 Å². The van der Waals surface area contributed by atoms with Crippen LogP contribution in [0.3, 0.4) is 0 Å². The summed E-state index contributed by atoms with van der Waals surface area (Å²) in [6.45, 7) is 0. The third-order valence-electron chi connectivity index (χ3n) is 5.38. The van der Waals surface area contributed by atoms with Gasteiger partial charge in [0.05, 0.1) is 19.9 Å². The molecule has 2 heterocycles. The van der Waals surface area contributed by atoms with Gasteiger partial charge >= 0.3 is 11.7 Å². The van der Waals surface area contributed by atoms with E-state index in [1.165, 1.54) is 20.3 Å². The number of ether oxygens (including phenoxy) is 2. The second-order valence-electron chi connectivity index (χ2n) is 7.41. The fourth-order valence-corrected chi connectivity index (χ4v) is 3.65. The summed E-state index contributed by atoms with van der Waals surface area (Å²) in [5.74, 6) is -0.783. The van der Waals surface area contributed by atoms with Gasteiger partial charge in [-0.1, -0.05) is 24.3 Å². The van der Waals surface area contributed by atoms with E-state index in [2.05, 4.69) is 15.0 Å². The van der Waals surface area contributed by atoms with E-state index >= 15 is 0 Å². The van der Waals surface area contributed by atoms with Crippen LogP contribution in [0.2, 0.25) is 0 Å². The Morgan fingerprint density at radius 2 is 1.97 bits per heavy atom. The third kappa shape index (κ3) is 4.33. The Balaban J connectivity index is 1.73. The molecule has 10 heteroatoms. The van der Waals surface area contributed by atoms with E-state index in [1.807, 2.05) is 24.3 Å². The van der Waals surface area contributed by atoms with E-state index in [9.17, 15) is 19.5 Å². The highest BCUT2D eigenvalue weighted by Crippen LogP contribution is 2.22. The first-order valence-electron chi connectivity index (χ1n) is 10.3. The quantitative estimate of drug-likeness (QED) is 0.283. The molecule has 0 spiro atoms. The van der Waals surface area contributed by atoms with Crippen LogP contribution in [-0.2, 0) is 16.0 Å². The van der Waals surface area contributed by atoms with Gasteiger partial charge in [0.1, 0.15) is 11.3 Å². The minimum absolute atomic E-state index is 0.196. The molecule has 174 valence electrons. The Kier molecular flexibility index (Phi) is 6.30. The number of methoxy groups -OCH3 is 2. The molecule has 0 amide bonds. The van der Waals surface area contributed by atoms with Gasteiger partial charge in [-0.3, -0.25) is 14.8 Å². The van der Waals surface area contributed by atoms with E-state index in [1.54, 1.807) is 24.4 Å². The van der Waals surface area contributed by atoms with E-state index in [0.29, 0.717) is 5.75 Å². The van der Waals surface area contributed by atoms with Crippen LogP contribution in [0.15, 0.2) is 69.3 Å². The topological polar surface area (TPSA) is 139 Å². The van der Waals surface area contributed by atoms with Gasteiger partial charge in [0.15, 0.2) is 6.04 Å². The summed E-state index contributed by atoms with van der Waals surface area (Å²) < 4.78 is 11.0. The number of para-hydroxylation sites is 1. The highest BCUT2D eigenvalue weighted by atomic mass is 16.5. The lowest BCUT2D eigenvalue weighted by molar-refractivity contribution is -0.142. The van der Waals surface area contributed by atoms with Crippen molar-refractivity contribution in [3.63, 3.8) is 0 Å². The lowest BCUT2D eigenvalue weighted by Crippen LogP contribution is -2.31. The highest BCUT2D eigenvalue weighted by molar-refractivity contribution is 5.87. The van der Waals surface area contributed by atoms with Crippen molar-refractivity contribution in [2.24, 2.45) is 4.99 Å². The number of carbonyl (C=O) groups excluding carboxylic acids is 1. The molecule has 4 aromatic rings. The summed E-state index contributed by atoms with van der Waals surface area (Å²) >= 11 is 0. The first-order valence-corrected chi connectivity index (χ1v) is 10.3. The largest absolute Gasteiger partial charge is 0.497 e. The number of hydrogen-bond acceptors (Lipinski definition) is 7. The number of rotatable bonds is 7. The number of benzene rings is 2. The molecule has 3 N–H and O–H groups in total. The van der Waals surface area contributed by atoms with E-state index in [4.69, 9.17) is 9.47 Å². The Hall–Kier alpha value is -4.60. The van der Waals surface area contributed by atoms with Gasteiger partial charge in [0.2, 0.25) is 5.88 Å². The average Bonchev–Trinajstić information content (AvgIpc) is 3.25. The zero-order valence-corrected chi connectivity index (χ0v) is 18.4. The number of hydrogen-bond donors (Lipinski definition) is 3. The van der Waals surface area contributed by atoms with Gasteiger partial charge in [0, 0.05) is 35.8 Å². The van der Waals surface area contributed by atoms with Crippen molar-refractivity contribution in [1.82, 2.24) is 14.5 Å². The second kappa shape index (κ2) is 9.49. The molecule has 0 aliphatic heterocycles. The molecular weight excluding hydrogens is 440 g/mol. The number of aromatic amines is 2. The molecule has 0 fully saturated rings. The normalized spacial score (nSPS) is 12.2. The molecule has 4 rings (SSSR count). The fraction of sp³-hybridized carbons (Fsp3) is 0.167. The Morgan fingerprint density at radius 1 is 1.18 bits per heavy atom. The smallest absolute Gasteiger partial charge is 0.335 e. The zero-order chi connectivity index (χ0) is 24.2. The van der Waals surface area contributed by atoms with Crippen molar-refractivity contribution >= 4 is 23.1 Å². The van der Waals surface area contributed by atoms with Crippen LogP contribution in [0.5, 0.6) is 11.6 Å². The first kappa shape index (κ1) is 22.6. The maximum atomic E-state index is 12.4. The molecule has 0 saturated carbocycles. The number of aliphatic imine (C=N–C) groups is 1. The van der Waals surface area contributed by atoms with Crippen molar-refractivity contribution in [2.75, 3.05) is 14.2 Å². The Morgan fingerprint density at radius 3 is 2.74 bits per heavy atom. The summed E-state index contributed by atoms with van der Waals surface area (Å²) in [7, 11) is 2.71. The van der Waals surface area contributed by atoms with Crippen molar-refractivity contribution in [3.05, 3.63) is 86.7 Å². The first-order chi connectivity index (χ1) is 16.4. The van der Waals surface area contributed by atoms with Gasteiger partial charge < -0.3 is 19.6 Å². The van der Waals surface area contributed by atoms with Gasteiger partial charge in [-0.15, -0.1) is 0 Å². The van der Waals surface area contributed by atoms with E-state index in [0.717, 1.165) is 27.2 Å². The molecule has 2 aromatic carbocycles. The zero-order valence-electron chi connectivity index (χ0n) is 18.4. The van der Waals surface area contributed by atoms with Crippen LogP contribution in [-0.4, -0.2) is 52.1 Å². The molecule has 0 saturated heterocycles. The van der Waals surface area contributed by atoms with Crippen LogP contribution in [0.4, 0.5) is 0 Å². The number of nitrogens with one attached hydrogen (secondary N) is 2. The number of fused-ring (bicyclic) bond motifs is 1. The van der Waals surface area contributed by atoms with Crippen LogP contribution >= 0.6 is 0 Å². The summed E-state index contributed by atoms with van der Waals surface area (Å²) in [5.41, 5.74) is 0.0517. The Labute approximate surface area is 193 Å². The standard InChI is InChI=1S/C24H22N4O6/c1-33-16-7-5-6-15(11-16)28-22(30)18(21(29)27-24(28)32)13-26-20(23(31)34-2)10-14-12-25-19-9-4-3-8-17(14)19/h3-9,11-13,20,25,30H,10H2,1-2H3,(H,27,29,32). The number of H-pyrrole nitrogens is 2. The average molecular weight is 462 g/mol. The molecule has 0 bridgehead atoms. The number of aromatic nitrogens is 3. The minimum Gasteiger partial charge on any atom is -0.497 e. The predicted octanol–water partition coefficient (Wildman–Crippen LogP) is 1.92. The molecule has 0 aliphatic rings. The molecule has 2 aromatic heterocycles. The predicted molar refractivity (Wildman–Crippen MR) is 126 cm³/mol. The monoisotopic (exact) mass is 462 g/mol. The summed E-state index contributed by atoms with van der Waals surface area (Å²) in [6, 6.07) is 13.0. The number of aromatic hydroxyl groups is 1. The van der Waals surface area contributed by atoms with Crippen molar-refractivity contribution in [3.8, 4) is 17.3 Å². The number of nitrogens with zero attached hydrogens (tertiary/aromatic N) is 2. The molecule has 1 atom stereocenters. The minimum atomic E-state index is -0.986. The Bertz CT molecular complexity index is 1500. The molecular formula is C24H22N4O6. The lowest BCUT2D eigenvalue weighted by atomic mass is 10.1. The van der Waals surface area contributed by atoms with Crippen molar-refractivity contribution in [2.45, 2.75) is 12.5 Å². The van der Waals surface area contributed by atoms with Gasteiger partial charge in [0.25, 0.3) is 5.56 Å². The fourth-order valence-electron chi connectivity index (χ4n) is 3.65. The SMILES string of the molecule is COC(=O)C(Cc1c[nH]c2ccccc12)N=Cc1c(O)n(-c2cccc(OC)c2)c(=O)[nH]c1=O. The molecule has 0 radical (unpaired) electrons. The lowest BCUT2D eigenvalue weighted by Gasteiger charge is -2.12. The molecule has 0 aliphatic carbocycles. The third-order valence-corrected chi connectivity index (χ3v) is 5.38. The van der Waals surface area contributed by atoms with Crippen molar-refractivity contribution < 1.29 is 19.4 Å². The van der Waals surface area contributed by atoms with Gasteiger partial charge in [-0.05, 0) is 23.8 Å². The molecule has 1 unspecified atom stereocenters.